The third-order valence-electron chi connectivity index (χ3n) is 4.12. The van der Waals surface area contributed by atoms with Crippen molar-refractivity contribution in [2.24, 2.45) is 0 Å². The van der Waals surface area contributed by atoms with Gasteiger partial charge < -0.3 is 15.0 Å². The third-order valence-corrected chi connectivity index (χ3v) is 4.12. The lowest BCUT2D eigenvalue weighted by atomic mass is 10.1. The maximum atomic E-state index is 5.56. The molecule has 1 aromatic rings. The molecule has 2 saturated heterocycles. The molecule has 1 atom stereocenters. The zero-order chi connectivity index (χ0) is 12.9. The summed E-state index contributed by atoms with van der Waals surface area (Å²) in [6.07, 6.45) is 6.40. The Bertz CT molecular complexity index is 395. The summed E-state index contributed by atoms with van der Waals surface area (Å²) in [4.78, 5) is 2.52. The van der Waals surface area contributed by atoms with Crippen LogP contribution in [0.25, 0.3) is 0 Å². The molecule has 2 fully saturated rings. The van der Waals surface area contributed by atoms with Crippen molar-refractivity contribution in [2.75, 3.05) is 36.5 Å². The van der Waals surface area contributed by atoms with Gasteiger partial charge in [-0.2, -0.15) is 0 Å². The van der Waals surface area contributed by atoms with Crippen LogP contribution in [0.5, 0.6) is 0 Å². The lowest BCUT2D eigenvalue weighted by Crippen LogP contribution is -2.33. The first kappa shape index (κ1) is 12.8. The summed E-state index contributed by atoms with van der Waals surface area (Å²) in [5.41, 5.74) is 2.65. The van der Waals surface area contributed by atoms with Crippen LogP contribution in [0, 0.1) is 0 Å². The van der Waals surface area contributed by atoms with E-state index >= 15 is 0 Å². The summed E-state index contributed by atoms with van der Waals surface area (Å²) >= 11 is 0. The minimum absolute atomic E-state index is 0.472. The molecule has 0 saturated carbocycles. The fourth-order valence-corrected chi connectivity index (χ4v) is 3.08. The Hall–Kier alpha value is -1.22. The molecular weight excluding hydrogens is 236 g/mol. The van der Waals surface area contributed by atoms with Gasteiger partial charge in [0.2, 0.25) is 0 Å². The number of nitrogens with zero attached hydrogens (tertiary/aromatic N) is 1. The Morgan fingerprint density at radius 3 is 2.68 bits per heavy atom. The monoisotopic (exact) mass is 260 g/mol. The van der Waals surface area contributed by atoms with Crippen molar-refractivity contribution in [3.63, 3.8) is 0 Å². The fraction of sp³-hybridized carbons (Fsp3) is 0.625. The van der Waals surface area contributed by atoms with Crippen LogP contribution in [0.2, 0.25) is 0 Å². The highest BCUT2D eigenvalue weighted by atomic mass is 16.5. The molecule has 19 heavy (non-hydrogen) atoms. The topological polar surface area (TPSA) is 24.5 Å². The van der Waals surface area contributed by atoms with Gasteiger partial charge in [-0.05, 0) is 44.2 Å². The van der Waals surface area contributed by atoms with Crippen LogP contribution in [-0.4, -0.2) is 32.3 Å². The van der Waals surface area contributed by atoms with Gasteiger partial charge in [-0.3, -0.25) is 0 Å². The molecule has 0 radical (unpaired) electrons. The van der Waals surface area contributed by atoms with E-state index in [0.717, 1.165) is 13.2 Å². The molecule has 1 unspecified atom stereocenters. The van der Waals surface area contributed by atoms with E-state index < -0.39 is 0 Å². The second-order valence-electron chi connectivity index (χ2n) is 5.62. The second-order valence-corrected chi connectivity index (χ2v) is 5.62. The summed E-state index contributed by atoms with van der Waals surface area (Å²) in [7, 11) is 0. The summed E-state index contributed by atoms with van der Waals surface area (Å²) < 4.78 is 5.56. The van der Waals surface area contributed by atoms with Gasteiger partial charge in [-0.15, -0.1) is 0 Å². The number of benzene rings is 1. The van der Waals surface area contributed by atoms with E-state index in [-0.39, 0.29) is 0 Å². The molecule has 1 aromatic carbocycles. The predicted molar refractivity (Wildman–Crippen MR) is 80.0 cm³/mol. The Morgan fingerprint density at radius 1 is 1.05 bits per heavy atom. The molecule has 2 aliphatic rings. The Morgan fingerprint density at radius 2 is 1.89 bits per heavy atom. The molecule has 0 spiro atoms. The van der Waals surface area contributed by atoms with Crippen molar-refractivity contribution in [3.8, 4) is 0 Å². The van der Waals surface area contributed by atoms with Gasteiger partial charge in [0.1, 0.15) is 0 Å². The maximum Gasteiger partial charge on any atom is 0.0667 e. The molecule has 1 N–H and O–H groups in total. The van der Waals surface area contributed by atoms with E-state index in [0.29, 0.717) is 6.04 Å². The highest BCUT2D eigenvalue weighted by molar-refractivity contribution is 5.70. The molecule has 0 bridgehead atoms. The number of piperidine rings is 1. The molecule has 0 aliphatic carbocycles. The molecule has 104 valence electrons. The zero-order valence-corrected chi connectivity index (χ0v) is 11.6. The number of ether oxygens (including phenoxy) is 1. The summed E-state index contributed by atoms with van der Waals surface area (Å²) in [5, 5.41) is 3.68. The average molecular weight is 260 g/mol. The Labute approximate surface area is 115 Å². The van der Waals surface area contributed by atoms with E-state index in [1.165, 1.54) is 56.6 Å². The van der Waals surface area contributed by atoms with Crippen LogP contribution in [0.1, 0.15) is 32.1 Å². The van der Waals surface area contributed by atoms with Crippen LogP contribution >= 0.6 is 0 Å². The summed E-state index contributed by atoms with van der Waals surface area (Å²) in [6, 6.07) is 9.20. The van der Waals surface area contributed by atoms with Gasteiger partial charge >= 0.3 is 0 Å². The average Bonchev–Trinajstić information content (AvgIpc) is 2.50. The van der Waals surface area contributed by atoms with Crippen LogP contribution in [0.4, 0.5) is 11.4 Å². The van der Waals surface area contributed by atoms with Crippen molar-refractivity contribution in [3.05, 3.63) is 24.3 Å². The van der Waals surface area contributed by atoms with Gasteiger partial charge in [0.05, 0.1) is 18.0 Å². The Kier molecular flexibility index (Phi) is 4.23. The molecular formula is C16H24N2O. The maximum absolute atomic E-state index is 5.56. The third kappa shape index (κ3) is 3.21. The molecule has 0 aromatic heterocycles. The first-order valence-corrected chi connectivity index (χ1v) is 7.62. The highest BCUT2D eigenvalue weighted by Crippen LogP contribution is 2.29. The van der Waals surface area contributed by atoms with Crippen molar-refractivity contribution in [1.82, 2.24) is 0 Å². The number of hydrogen-bond acceptors (Lipinski definition) is 3. The fourth-order valence-electron chi connectivity index (χ4n) is 3.08. The minimum Gasteiger partial charge on any atom is -0.379 e. The first-order chi connectivity index (χ1) is 9.43. The van der Waals surface area contributed by atoms with Crippen molar-refractivity contribution in [1.29, 1.82) is 0 Å². The second kappa shape index (κ2) is 6.29. The largest absolute Gasteiger partial charge is 0.379 e. The standard InChI is InChI=1S/C16H24N2O/c1-4-10-18(11-5-1)16-9-3-2-8-15(16)17-14-7-6-12-19-13-14/h2-3,8-9,14,17H,1,4-7,10-13H2. The minimum atomic E-state index is 0.472. The van der Waals surface area contributed by atoms with E-state index in [4.69, 9.17) is 4.74 Å². The van der Waals surface area contributed by atoms with Gasteiger partial charge in [0.15, 0.2) is 0 Å². The van der Waals surface area contributed by atoms with E-state index in [9.17, 15) is 0 Å². The number of anilines is 2. The van der Waals surface area contributed by atoms with Crippen LogP contribution in [-0.2, 0) is 4.74 Å². The SMILES string of the molecule is c1ccc(N2CCCCC2)c(NC2CCCOC2)c1. The van der Waals surface area contributed by atoms with Crippen molar-refractivity contribution in [2.45, 2.75) is 38.1 Å². The lowest BCUT2D eigenvalue weighted by molar-refractivity contribution is 0.0876. The van der Waals surface area contributed by atoms with Gasteiger partial charge in [-0.25, -0.2) is 0 Å². The molecule has 2 aliphatic heterocycles. The highest BCUT2D eigenvalue weighted by Gasteiger charge is 2.18. The van der Waals surface area contributed by atoms with Crippen LogP contribution in [0.3, 0.4) is 0 Å². The molecule has 3 nitrogen and oxygen atoms in total. The quantitative estimate of drug-likeness (QED) is 0.902. The summed E-state index contributed by atoms with van der Waals surface area (Å²) in [5.74, 6) is 0. The lowest BCUT2D eigenvalue weighted by Gasteiger charge is -2.32. The number of hydrogen-bond donors (Lipinski definition) is 1. The number of rotatable bonds is 3. The van der Waals surface area contributed by atoms with Gasteiger partial charge in [0.25, 0.3) is 0 Å². The number of para-hydroxylation sites is 2. The van der Waals surface area contributed by atoms with E-state index in [1.807, 2.05) is 0 Å². The molecule has 3 heteroatoms. The number of nitrogens with one attached hydrogen (secondary N) is 1. The van der Waals surface area contributed by atoms with Crippen LogP contribution < -0.4 is 10.2 Å². The van der Waals surface area contributed by atoms with E-state index in [1.54, 1.807) is 0 Å². The van der Waals surface area contributed by atoms with Crippen molar-refractivity contribution >= 4 is 11.4 Å². The summed E-state index contributed by atoms with van der Waals surface area (Å²) in [6.45, 7) is 4.15. The van der Waals surface area contributed by atoms with Gasteiger partial charge in [0, 0.05) is 25.7 Å². The molecule has 2 heterocycles. The van der Waals surface area contributed by atoms with Crippen LogP contribution in [0.15, 0.2) is 24.3 Å². The van der Waals surface area contributed by atoms with Gasteiger partial charge in [-0.1, -0.05) is 12.1 Å². The smallest absolute Gasteiger partial charge is 0.0667 e. The molecule has 3 rings (SSSR count). The van der Waals surface area contributed by atoms with E-state index in [2.05, 4.69) is 34.5 Å². The normalized spacial score (nSPS) is 24.2. The predicted octanol–water partition coefficient (Wildman–Crippen LogP) is 3.27. The Balaban J connectivity index is 1.72. The van der Waals surface area contributed by atoms with Crippen molar-refractivity contribution < 1.29 is 4.74 Å². The molecule has 0 amide bonds. The zero-order valence-electron chi connectivity index (χ0n) is 11.6. The first-order valence-electron chi connectivity index (χ1n) is 7.62.